The van der Waals surface area contributed by atoms with Crippen LogP contribution in [-0.4, -0.2) is 28.9 Å². The molecule has 0 radical (unpaired) electrons. The summed E-state index contributed by atoms with van der Waals surface area (Å²) in [6.45, 7) is 9.41. The molecule has 23 heavy (non-hydrogen) atoms. The first kappa shape index (κ1) is 16.9. The van der Waals surface area contributed by atoms with E-state index in [9.17, 15) is 4.79 Å². The van der Waals surface area contributed by atoms with Crippen molar-refractivity contribution in [2.45, 2.75) is 34.2 Å². The van der Waals surface area contributed by atoms with E-state index < -0.39 is 0 Å². The van der Waals surface area contributed by atoms with Crippen molar-refractivity contribution in [3.8, 4) is 11.5 Å². The van der Waals surface area contributed by atoms with Gasteiger partial charge in [-0.2, -0.15) is 5.10 Å². The van der Waals surface area contributed by atoms with Crippen molar-refractivity contribution in [2.75, 3.05) is 18.5 Å². The lowest BCUT2D eigenvalue weighted by Crippen LogP contribution is -2.15. The van der Waals surface area contributed by atoms with Crippen molar-refractivity contribution >= 4 is 11.7 Å². The predicted octanol–water partition coefficient (Wildman–Crippen LogP) is 3.26. The van der Waals surface area contributed by atoms with Crippen molar-refractivity contribution < 1.29 is 14.3 Å². The van der Waals surface area contributed by atoms with Crippen molar-refractivity contribution in [3.63, 3.8) is 0 Å². The first-order valence-corrected chi connectivity index (χ1v) is 7.84. The Labute approximate surface area is 136 Å². The molecular formula is C17H23N3O3. The number of carbonyl (C=O) groups excluding carboxylic acids is 1. The molecule has 0 bridgehead atoms. The number of amides is 1. The summed E-state index contributed by atoms with van der Waals surface area (Å²) in [6.07, 6.45) is 0. The van der Waals surface area contributed by atoms with Crippen molar-refractivity contribution in [2.24, 2.45) is 0 Å². The molecule has 0 saturated heterocycles. The standard InChI is InChI=1S/C17H23N3O3/c1-5-20-16(10-12(4)19-20)18-17(21)13-8-9-14(22-6-2)15(11-13)23-7-3/h8-11H,5-7H2,1-4H3,(H,18,21). The Hall–Kier alpha value is -2.50. The fourth-order valence-electron chi connectivity index (χ4n) is 2.27. The van der Waals surface area contributed by atoms with Crippen molar-refractivity contribution in [3.05, 3.63) is 35.5 Å². The summed E-state index contributed by atoms with van der Waals surface area (Å²) in [5.74, 6) is 1.69. The number of aromatic nitrogens is 2. The molecule has 0 atom stereocenters. The topological polar surface area (TPSA) is 65.4 Å². The lowest BCUT2D eigenvalue weighted by molar-refractivity contribution is 0.102. The average Bonchev–Trinajstić information content (AvgIpc) is 2.89. The molecule has 0 aliphatic carbocycles. The largest absolute Gasteiger partial charge is 0.490 e. The van der Waals surface area contributed by atoms with Crippen LogP contribution in [-0.2, 0) is 6.54 Å². The lowest BCUT2D eigenvalue weighted by atomic mass is 10.2. The van der Waals surface area contributed by atoms with Gasteiger partial charge in [0.2, 0.25) is 0 Å². The molecule has 0 spiro atoms. The number of nitrogens with one attached hydrogen (secondary N) is 1. The van der Waals surface area contributed by atoms with Gasteiger partial charge in [-0.25, -0.2) is 4.68 Å². The van der Waals surface area contributed by atoms with Gasteiger partial charge in [-0.15, -0.1) is 0 Å². The Morgan fingerprint density at radius 1 is 1.13 bits per heavy atom. The second-order valence-electron chi connectivity index (χ2n) is 4.97. The van der Waals surface area contributed by atoms with E-state index in [0.29, 0.717) is 42.6 Å². The Bertz CT molecular complexity index is 680. The van der Waals surface area contributed by atoms with E-state index in [0.717, 1.165) is 5.69 Å². The summed E-state index contributed by atoms with van der Waals surface area (Å²) in [5, 5.41) is 7.20. The third kappa shape index (κ3) is 4.03. The molecule has 6 heteroatoms. The number of hydrogen-bond donors (Lipinski definition) is 1. The van der Waals surface area contributed by atoms with Crippen molar-refractivity contribution in [1.82, 2.24) is 9.78 Å². The fraction of sp³-hybridized carbons (Fsp3) is 0.412. The first-order chi connectivity index (χ1) is 11.1. The Morgan fingerprint density at radius 3 is 2.48 bits per heavy atom. The summed E-state index contributed by atoms with van der Waals surface area (Å²) in [6, 6.07) is 7.02. The maximum atomic E-state index is 12.5. The summed E-state index contributed by atoms with van der Waals surface area (Å²) in [5.41, 5.74) is 1.38. The summed E-state index contributed by atoms with van der Waals surface area (Å²) in [7, 11) is 0. The maximum Gasteiger partial charge on any atom is 0.256 e. The zero-order chi connectivity index (χ0) is 16.8. The Kier molecular flexibility index (Phi) is 5.62. The summed E-state index contributed by atoms with van der Waals surface area (Å²) in [4.78, 5) is 12.5. The average molecular weight is 317 g/mol. The third-order valence-corrected chi connectivity index (χ3v) is 3.25. The minimum absolute atomic E-state index is 0.205. The number of aryl methyl sites for hydroxylation is 2. The van der Waals surface area contributed by atoms with E-state index >= 15 is 0 Å². The second kappa shape index (κ2) is 7.67. The minimum Gasteiger partial charge on any atom is -0.490 e. The SMILES string of the molecule is CCOc1ccc(C(=O)Nc2cc(C)nn2CC)cc1OCC. The molecular weight excluding hydrogens is 294 g/mol. The fourth-order valence-corrected chi connectivity index (χ4v) is 2.27. The summed E-state index contributed by atoms with van der Waals surface area (Å²) < 4.78 is 12.8. The number of carbonyl (C=O) groups is 1. The van der Waals surface area contributed by atoms with Crippen LogP contribution >= 0.6 is 0 Å². The van der Waals surface area contributed by atoms with Gasteiger partial charge in [-0.05, 0) is 45.9 Å². The first-order valence-electron chi connectivity index (χ1n) is 7.84. The maximum absolute atomic E-state index is 12.5. The molecule has 0 aliphatic rings. The summed E-state index contributed by atoms with van der Waals surface area (Å²) >= 11 is 0. The van der Waals surface area contributed by atoms with Crippen LogP contribution in [0.3, 0.4) is 0 Å². The van der Waals surface area contributed by atoms with E-state index in [1.165, 1.54) is 0 Å². The molecule has 1 aromatic heterocycles. The van der Waals surface area contributed by atoms with Gasteiger partial charge in [0.05, 0.1) is 18.9 Å². The van der Waals surface area contributed by atoms with Gasteiger partial charge in [-0.1, -0.05) is 0 Å². The molecule has 1 amide bonds. The molecule has 0 fully saturated rings. The van der Waals surface area contributed by atoms with Gasteiger partial charge in [-0.3, -0.25) is 4.79 Å². The molecule has 1 aromatic carbocycles. The molecule has 2 aromatic rings. The minimum atomic E-state index is -0.205. The zero-order valence-electron chi connectivity index (χ0n) is 14.0. The van der Waals surface area contributed by atoms with Gasteiger partial charge in [0.1, 0.15) is 5.82 Å². The number of nitrogens with zero attached hydrogens (tertiary/aromatic N) is 2. The van der Waals surface area contributed by atoms with Crippen molar-refractivity contribution in [1.29, 1.82) is 0 Å². The van der Waals surface area contributed by atoms with Crippen LogP contribution in [0.4, 0.5) is 5.82 Å². The highest BCUT2D eigenvalue weighted by atomic mass is 16.5. The van der Waals surface area contributed by atoms with Crippen LogP contribution < -0.4 is 14.8 Å². The van der Waals surface area contributed by atoms with Crippen LogP contribution in [0.2, 0.25) is 0 Å². The smallest absolute Gasteiger partial charge is 0.256 e. The quantitative estimate of drug-likeness (QED) is 0.851. The number of ether oxygens (including phenoxy) is 2. The molecule has 1 N–H and O–H groups in total. The third-order valence-electron chi connectivity index (χ3n) is 3.25. The highest BCUT2D eigenvalue weighted by Crippen LogP contribution is 2.29. The molecule has 0 unspecified atom stereocenters. The highest BCUT2D eigenvalue weighted by Gasteiger charge is 2.14. The number of rotatable bonds is 7. The van der Waals surface area contributed by atoms with E-state index in [1.807, 2.05) is 33.8 Å². The van der Waals surface area contributed by atoms with E-state index in [-0.39, 0.29) is 5.91 Å². The predicted molar refractivity (Wildman–Crippen MR) is 89.4 cm³/mol. The van der Waals surface area contributed by atoms with Crippen LogP contribution in [0.5, 0.6) is 11.5 Å². The van der Waals surface area contributed by atoms with E-state index in [4.69, 9.17) is 9.47 Å². The highest BCUT2D eigenvalue weighted by molar-refractivity contribution is 6.04. The van der Waals surface area contributed by atoms with Crippen LogP contribution in [0.15, 0.2) is 24.3 Å². The Balaban J connectivity index is 2.23. The molecule has 0 aliphatic heterocycles. The van der Waals surface area contributed by atoms with Crippen LogP contribution in [0.25, 0.3) is 0 Å². The molecule has 6 nitrogen and oxygen atoms in total. The Morgan fingerprint density at radius 2 is 1.83 bits per heavy atom. The van der Waals surface area contributed by atoms with Gasteiger partial charge < -0.3 is 14.8 Å². The monoisotopic (exact) mass is 317 g/mol. The van der Waals surface area contributed by atoms with E-state index in [2.05, 4.69) is 10.4 Å². The normalized spacial score (nSPS) is 10.4. The lowest BCUT2D eigenvalue weighted by Gasteiger charge is -2.12. The molecule has 0 saturated carbocycles. The number of hydrogen-bond acceptors (Lipinski definition) is 4. The second-order valence-corrected chi connectivity index (χ2v) is 4.97. The van der Waals surface area contributed by atoms with Gasteiger partial charge in [0.15, 0.2) is 11.5 Å². The molecule has 2 rings (SSSR count). The number of anilines is 1. The van der Waals surface area contributed by atoms with Gasteiger partial charge in [0.25, 0.3) is 5.91 Å². The van der Waals surface area contributed by atoms with Crippen LogP contribution in [0.1, 0.15) is 36.8 Å². The van der Waals surface area contributed by atoms with Gasteiger partial charge >= 0.3 is 0 Å². The molecule has 124 valence electrons. The van der Waals surface area contributed by atoms with E-state index in [1.54, 1.807) is 22.9 Å². The molecule has 1 heterocycles. The number of benzene rings is 1. The van der Waals surface area contributed by atoms with Crippen LogP contribution in [0, 0.1) is 6.92 Å². The van der Waals surface area contributed by atoms with Gasteiger partial charge in [0, 0.05) is 18.2 Å². The zero-order valence-corrected chi connectivity index (χ0v) is 14.0.